The summed E-state index contributed by atoms with van der Waals surface area (Å²) in [5.74, 6) is -0.991. The second-order valence-electron chi connectivity index (χ2n) is 2.10. The Kier molecular flexibility index (Phi) is 2.80. The fraction of sp³-hybridized carbons (Fsp3) is 0.286. The highest BCUT2D eigenvalue weighted by Crippen LogP contribution is 2.23. The van der Waals surface area contributed by atoms with Crippen molar-refractivity contribution in [3.8, 4) is 0 Å². The number of aliphatic hydroxyl groups is 1. The number of hydrogen-bond acceptors (Lipinski definition) is 4. The van der Waals surface area contributed by atoms with E-state index in [1.54, 1.807) is 0 Å². The molecule has 0 amide bonds. The molecular weight excluding hydrogens is 180 g/mol. The zero-order valence-electron chi connectivity index (χ0n) is 6.35. The van der Waals surface area contributed by atoms with E-state index in [1.807, 2.05) is 0 Å². The second kappa shape index (κ2) is 3.66. The molecule has 0 saturated carbocycles. The lowest BCUT2D eigenvalue weighted by atomic mass is 10.4. The lowest BCUT2D eigenvalue weighted by molar-refractivity contribution is -0.0743. The van der Waals surface area contributed by atoms with Crippen molar-refractivity contribution in [2.45, 2.75) is 6.29 Å². The first-order valence-corrected chi connectivity index (χ1v) is 4.00. The second-order valence-corrected chi connectivity index (χ2v) is 3.21. The van der Waals surface area contributed by atoms with Gasteiger partial charge in [0, 0.05) is 7.11 Å². The summed E-state index contributed by atoms with van der Waals surface area (Å²) in [4.78, 5) is 11.1. The van der Waals surface area contributed by atoms with Gasteiger partial charge in [0.25, 0.3) is 0 Å². The van der Waals surface area contributed by atoms with E-state index >= 15 is 0 Å². The van der Waals surface area contributed by atoms with Gasteiger partial charge in [0.2, 0.25) is 0 Å². The van der Waals surface area contributed by atoms with Crippen LogP contribution in [0.25, 0.3) is 0 Å². The third-order valence-corrected chi connectivity index (χ3v) is 2.41. The molecule has 2 N–H and O–H groups in total. The van der Waals surface area contributed by atoms with E-state index in [0.29, 0.717) is 4.88 Å². The van der Waals surface area contributed by atoms with Crippen molar-refractivity contribution < 1.29 is 19.7 Å². The van der Waals surface area contributed by atoms with Gasteiger partial charge < -0.3 is 14.9 Å². The van der Waals surface area contributed by atoms with Crippen LogP contribution in [0, 0.1) is 0 Å². The van der Waals surface area contributed by atoms with Crippen LogP contribution in [-0.2, 0) is 4.74 Å². The van der Waals surface area contributed by atoms with Gasteiger partial charge in [-0.2, -0.15) is 0 Å². The molecule has 1 aromatic heterocycles. The Morgan fingerprint density at radius 1 is 1.67 bits per heavy atom. The molecule has 1 atom stereocenters. The Bertz CT molecular complexity index is 281. The number of rotatable bonds is 3. The summed E-state index contributed by atoms with van der Waals surface area (Å²) in [5.41, 5.74) is 0. The number of carbonyl (C=O) groups is 1. The molecule has 1 unspecified atom stereocenters. The SMILES string of the molecule is COC(O)c1ccc(C(=O)O)s1. The Morgan fingerprint density at radius 2 is 2.33 bits per heavy atom. The van der Waals surface area contributed by atoms with Crippen LogP contribution < -0.4 is 0 Å². The Morgan fingerprint density at radius 3 is 2.75 bits per heavy atom. The lowest BCUT2D eigenvalue weighted by Gasteiger charge is -2.03. The fourth-order valence-corrected chi connectivity index (χ4v) is 1.53. The van der Waals surface area contributed by atoms with Gasteiger partial charge in [-0.25, -0.2) is 4.79 Å². The zero-order chi connectivity index (χ0) is 9.14. The normalized spacial score (nSPS) is 12.8. The standard InChI is InChI=1S/C7H8O4S/c1-11-7(10)5-3-2-4(12-5)6(8)9/h2-3,7,10H,1H3,(H,8,9). The minimum Gasteiger partial charge on any atom is -0.477 e. The summed E-state index contributed by atoms with van der Waals surface area (Å²) in [7, 11) is 1.35. The summed E-state index contributed by atoms with van der Waals surface area (Å²) >= 11 is 0.999. The van der Waals surface area contributed by atoms with Gasteiger partial charge >= 0.3 is 5.97 Å². The van der Waals surface area contributed by atoms with Gasteiger partial charge in [0.05, 0.1) is 4.88 Å². The van der Waals surface area contributed by atoms with Crippen LogP contribution >= 0.6 is 11.3 Å². The van der Waals surface area contributed by atoms with Crippen molar-refractivity contribution in [1.29, 1.82) is 0 Å². The van der Waals surface area contributed by atoms with E-state index < -0.39 is 12.3 Å². The topological polar surface area (TPSA) is 66.8 Å². The average Bonchev–Trinajstić information content (AvgIpc) is 2.51. The molecule has 0 bridgehead atoms. The van der Waals surface area contributed by atoms with Crippen molar-refractivity contribution in [1.82, 2.24) is 0 Å². The van der Waals surface area contributed by atoms with Crippen molar-refractivity contribution in [2.24, 2.45) is 0 Å². The fourth-order valence-electron chi connectivity index (χ4n) is 0.717. The van der Waals surface area contributed by atoms with Crippen LogP contribution in [0.1, 0.15) is 20.8 Å². The minimum absolute atomic E-state index is 0.195. The van der Waals surface area contributed by atoms with E-state index in [4.69, 9.17) is 10.2 Å². The number of aliphatic hydroxyl groups excluding tert-OH is 1. The summed E-state index contributed by atoms with van der Waals surface area (Å²) in [5, 5.41) is 17.7. The highest BCUT2D eigenvalue weighted by molar-refractivity contribution is 7.13. The van der Waals surface area contributed by atoms with E-state index in [-0.39, 0.29) is 4.88 Å². The molecule has 0 aliphatic rings. The minimum atomic E-state index is -1.02. The molecule has 0 aromatic carbocycles. The van der Waals surface area contributed by atoms with Gasteiger partial charge in [-0.15, -0.1) is 11.3 Å². The van der Waals surface area contributed by atoms with Crippen molar-refractivity contribution in [3.63, 3.8) is 0 Å². The molecule has 0 saturated heterocycles. The van der Waals surface area contributed by atoms with E-state index in [1.165, 1.54) is 19.2 Å². The summed E-state index contributed by atoms with van der Waals surface area (Å²) < 4.78 is 4.60. The van der Waals surface area contributed by atoms with Crippen LogP contribution in [0.3, 0.4) is 0 Å². The molecule has 0 aliphatic carbocycles. The van der Waals surface area contributed by atoms with Crippen molar-refractivity contribution >= 4 is 17.3 Å². The van der Waals surface area contributed by atoms with Gasteiger partial charge in [-0.3, -0.25) is 0 Å². The molecule has 0 fully saturated rings. The summed E-state index contributed by atoms with van der Waals surface area (Å²) in [6.45, 7) is 0. The van der Waals surface area contributed by atoms with Crippen molar-refractivity contribution in [3.05, 3.63) is 21.9 Å². The maximum Gasteiger partial charge on any atom is 0.345 e. The molecule has 1 rings (SSSR count). The third kappa shape index (κ3) is 1.82. The van der Waals surface area contributed by atoms with E-state index in [9.17, 15) is 4.79 Å². The van der Waals surface area contributed by atoms with Crippen LogP contribution in [-0.4, -0.2) is 23.3 Å². The number of hydrogen-bond donors (Lipinski definition) is 2. The number of methoxy groups -OCH3 is 1. The van der Waals surface area contributed by atoms with Gasteiger partial charge in [-0.05, 0) is 12.1 Å². The number of thiophene rings is 1. The highest BCUT2D eigenvalue weighted by Gasteiger charge is 2.12. The first kappa shape index (κ1) is 9.18. The van der Waals surface area contributed by atoms with Crippen molar-refractivity contribution in [2.75, 3.05) is 7.11 Å². The van der Waals surface area contributed by atoms with E-state index in [0.717, 1.165) is 11.3 Å². The van der Waals surface area contributed by atoms with Crippen LogP contribution in [0.4, 0.5) is 0 Å². The Balaban J connectivity index is 2.84. The number of carboxylic acid groups (broad SMARTS) is 1. The number of aromatic carboxylic acids is 1. The molecule has 5 heteroatoms. The van der Waals surface area contributed by atoms with Gasteiger partial charge in [0.1, 0.15) is 4.88 Å². The molecule has 12 heavy (non-hydrogen) atoms. The number of carboxylic acids is 1. The molecule has 1 aromatic rings. The summed E-state index contributed by atoms with van der Waals surface area (Å²) in [6.07, 6.45) is -1.02. The highest BCUT2D eigenvalue weighted by atomic mass is 32.1. The molecule has 66 valence electrons. The van der Waals surface area contributed by atoms with Gasteiger partial charge in [0.15, 0.2) is 6.29 Å². The monoisotopic (exact) mass is 188 g/mol. The van der Waals surface area contributed by atoms with Gasteiger partial charge in [-0.1, -0.05) is 0 Å². The molecule has 0 aliphatic heterocycles. The Labute approximate surface area is 73.0 Å². The molecule has 0 radical (unpaired) electrons. The third-order valence-electron chi connectivity index (χ3n) is 1.30. The maximum atomic E-state index is 10.4. The lowest BCUT2D eigenvalue weighted by Crippen LogP contribution is -1.95. The molecule has 0 spiro atoms. The number of ether oxygens (including phenoxy) is 1. The predicted octanol–water partition coefficient (Wildman–Crippen LogP) is 1.08. The van der Waals surface area contributed by atoms with E-state index in [2.05, 4.69) is 4.74 Å². The smallest absolute Gasteiger partial charge is 0.345 e. The first-order chi connectivity index (χ1) is 5.65. The predicted molar refractivity (Wildman–Crippen MR) is 43.2 cm³/mol. The Hall–Kier alpha value is -0.910. The average molecular weight is 188 g/mol. The largest absolute Gasteiger partial charge is 0.477 e. The maximum absolute atomic E-state index is 10.4. The van der Waals surface area contributed by atoms with Crippen LogP contribution in [0.2, 0.25) is 0 Å². The molecule has 1 heterocycles. The molecular formula is C7H8O4S. The van der Waals surface area contributed by atoms with Crippen LogP contribution in [0.5, 0.6) is 0 Å². The zero-order valence-corrected chi connectivity index (χ0v) is 7.17. The summed E-state index contributed by atoms with van der Waals surface area (Å²) in [6, 6.07) is 2.97. The molecule has 4 nitrogen and oxygen atoms in total. The van der Waals surface area contributed by atoms with Crippen LogP contribution in [0.15, 0.2) is 12.1 Å². The quantitative estimate of drug-likeness (QED) is 0.696. The first-order valence-electron chi connectivity index (χ1n) is 3.19.